The molecule has 3 fully saturated rings. The van der Waals surface area contributed by atoms with Gasteiger partial charge < -0.3 is 29.0 Å². The lowest BCUT2D eigenvalue weighted by Gasteiger charge is -2.61. The van der Waals surface area contributed by atoms with E-state index in [4.69, 9.17) is 18.9 Å². The van der Waals surface area contributed by atoms with Crippen molar-refractivity contribution in [1.82, 2.24) is 4.90 Å². The van der Waals surface area contributed by atoms with Gasteiger partial charge in [0.15, 0.2) is 11.9 Å². The molecular weight excluding hydrogens is 566 g/mol. The normalized spacial score (nSPS) is 44.3. The number of fused-ring (bicyclic) bond motifs is 4. The van der Waals surface area contributed by atoms with Crippen molar-refractivity contribution in [1.29, 1.82) is 0 Å². The second-order valence-corrected chi connectivity index (χ2v) is 14.3. The minimum Gasteiger partial charge on any atom is -0.458 e. The summed E-state index contributed by atoms with van der Waals surface area (Å²) in [5, 5.41) is 13.1. The Bertz CT molecular complexity index is 1410. The van der Waals surface area contributed by atoms with Crippen molar-refractivity contribution in [3.05, 3.63) is 34.9 Å². The highest BCUT2D eigenvalue weighted by Crippen LogP contribution is 2.74. The molecule has 44 heavy (non-hydrogen) atoms. The molecule has 4 aliphatic carbocycles. The maximum atomic E-state index is 13.9. The highest BCUT2D eigenvalue weighted by molar-refractivity contribution is 5.98. The van der Waals surface area contributed by atoms with Gasteiger partial charge in [0, 0.05) is 43.8 Å². The molecular formula is C34H45NO9. The first-order valence-electron chi connectivity index (χ1n) is 15.9. The summed E-state index contributed by atoms with van der Waals surface area (Å²) in [4.78, 5) is 53.3. The Hall–Kier alpha value is -2.98. The van der Waals surface area contributed by atoms with E-state index in [1.165, 1.54) is 17.9 Å². The van der Waals surface area contributed by atoms with E-state index in [0.29, 0.717) is 37.8 Å². The predicted octanol–water partition coefficient (Wildman–Crippen LogP) is 4.05. The maximum Gasteiger partial charge on any atom is 0.410 e. The maximum absolute atomic E-state index is 13.9. The van der Waals surface area contributed by atoms with Gasteiger partial charge in [-0.25, -0.2) is 9.59 Å². The third-order valence-corrected chi connectivity index (χ3v) is 12.5. The molecule has 2 heterocycles. The lowest BCUT2D eigenvalue weighted by atomic mass is 9.42. The Morgan fingerprint density at radius 1 is 1.16 bits per heavy atom. The van der Waals surface area contributed by atoms with Crippen molar-refractivity contribution in [2.24, 2.45) is 28.6 Å². The van der Waals surface area contributed by atoms with E-state index in [1.54, 1.807) is 20.0 Å². The summed E-state index contributed by atoms with van der Waals surface area (Å²) in [5.41, 5.74) is -1.96. The second-order valence-electron chi connectivity index (χ2n) is 14.3. The van der Waals surface area contributed by atoms with Crippen LogP contribution in [0.3, 0.4) is 0 Å². The van der Waals surface area contributed by atoms with Gasteiger partial charge in [-0.05, 0) is 77.0 Å². The molecule has 2 aliphatic heterocycles. The van der Waals surface area contributed by atoms with Crippen LogP contribution in [0.2, 0.25) is 0 Å². The quantitative estimate of drug-likeness (QED) is 0.212. The van der Waals surface area contributed by atoms with E-state index in [-0.39, 0.29) is 23.6 Å². The number of hydrogen-bond acceptors (Lipinski definition) is 9. The van der Waals surface area contributed by atoms with Crippen LogP contribution >= 0.6 is 0 Å². The third-order valence-electron chi connectivity index (χ3n) is 12.5. The first-order valence-corrected chi connectivity index (χ1v) is 15.9. The Labute approximate surface area is 258 Å². The van der Waals surface area contributed by atoms with Gasteiger partial charge >= 0.3 is 18.0 Å². The van der Waals surface area contributed by atoms with Gasteiger partial charge in [0.25, 0.3) is 0 Å². The van der Waals surface area contributed by atoms with Crippen molar-refractivity contribution in [3.63, 3.8) is 0 Å². The highest BCUT2D eigenvalue weighted by Gasteiger charge is 2.83. The van der Waals surface area contributed by atoms with Crippen molar-refractivity contribution in [2.45, 2.75) is 110 Å². The van der Waals surface area contributed by atoms with E-state index >= 15 is 0 Å². The molecule has 6 rings (SSSR count). The predicted molar refractivity (Wildman–Crippen MR) is 158 cm³/mol. The number of epoxide rings is 1. The number of aliphatic hydroxyl groups is 1. The summed E-state index contributed by atoms with van der Waals surface area (Å²) < 4.78 is 24.1. The Morgan fingerprint density at radius 3 is 2.50 bits per heavy atom. The van der Waals surface area contributed by atoms with Crippen LogP contribution in [0.4, 0.5) is 4.79 Å². The van der Waals surface area contributed by atoms with E-state index < -0.39 is 64.4 Å². The first-order chi connectivity index (χ1) is 20.6. The summed E-state index contributed by atoms with van der Waals surface area (Å²) in [7, 11) is 1.66. The standard InChI is InChI=1S/C34H45NO9/c1-9-35(8)30(39)43-26-11-10-25(37)32(7)21-12-13-31(6)22(19(4)24-14-17(2)18(3)29(38)42-24)15-27(41-20(5)36)33(31,40)23(21)16-28-34(26,32)44-28/h10-11,15,19,21,23-24,26-28,40H,9,12-14,16H2,1-8H3/t19-,21-,23+,24+,26-,27-,28+,31+,32-,33-,34+/m0/s1. The van der Waals surface area contributed by atoms with E-state index in [0.717, 1.165) is 11.1 Å². The van der Waals surface area contributed by atoms with Crippen LogP contribution in [0, 0.1) is 28.6 Å². The molecule has 6 aliphatic rings. The van der Waals surface area contributed by atoms with Crippen LogP contribution in [0.1, 0.15) is 74.1 Å². The molecule has 0 aromatic rings. The average Bonchev–Trinajstić information content (AvgIpc) is 3.66. The van der Waals surface area contributed by atoms with Crippen molar-refractivity contribution in [2.75, 3.05) is 13.6 Å². The largest absolute Gasteiger partial charge is 0.458 e. The number of carbonyl (C=O) groups is 4. The molecule has 240 valence electrons. The summed E-state index contributed by atoms with van der Waals surface area (Å²) in [6.07, 6.45) is 4.07. The molecule has 0 aromatic heterocycles. The van der Waals surface area contributed by atoms with Crippen LogP contribution in [0.15, 0.2) is 34.9 Å². The van der Waals surface area contributed by atoms with Gasteiger partial charge in [0.05, 0.1) is 11.5 Å². The van der Waals surface area contributed by atoms with Gasteiger partial charge in [0.1, 0.15) is 23.4 Å². The van der Waals surface area contributed by atoms with E-state index in [1.807, 2.05) is 40.7 Å². The summed E-state index contributed by atoms with van der Waals surface area (Å²) in [6, 6.07) is 0. The molecule has 0 radical (unpaired) electrons. The van der Waals surface area contributed by atoms with Gasteiger partial charge in [0.2, 0.25) is 0 Å². The minimum absolute atomic E-state index is 0.117. The zero-order valence-corrected chi connectivity index (χ0v) is 27.0. The number of nitrogens with zero attached hydrogens (tertiary/aromatic N) is 1. The molecule has 10 nitrogen and oxygen atoms in total. The average molecular weight is 612 g/mol. The fourth-order valence-corrected chi connectivity index (χ4v) is 9.57. The first kappa shape index (κ1) is 31.0. The number of ketones is 1. The Morgan fingerprint density at radius 2 is 1.86 bits per heavy atom. The number of amides is 1. The zero-order chi connectivity index (χ0) is 32.1. The number of rotatable bonds is 5. The van der Waals surface area contributed by atoms with Crippen LogP contribution < -0.4 is 0 Å². The number of ether oxygens (including phenoxy) is 4. The zero-order valence-electron chi connectivity index (χ0n) is 27.0. The summed E-state index contributed by atoms with van der Waals surface area (Å²) in [6.45, 7) is 13.3. The molecule has 0 aromatic carbocycles. The molecule has 1 saturated heterocycles. The van der Waals surface area contributed by atoms with Gasteiger partial charge in [-0.15, -0.1) is 0 Å². The van der Waals surface area contributed by atoms with E-state index in [9.17, 15) is 24.3 Å². The molecule has 1 amide bonds. The second kappa shape index (κ2) is 10.0. The Balaban J connectivity index is 1.38. The smallest absolute Gasteiger partial charge is 0.410 e. The van der Waals surface area contributed by atoms with Crippen LogP contribution in [-0.4, -0.2) is 83.0 Å². The van der Waals surface area contributed by atoms with E-state index in [2.05, 4.69) is 0 Å². The summed E-state index contributed by atoms with van der Waals surface area (Å²) >= 11 is 0. The van der Waals surface area contributed by atoms with Gasteiger partial charge in [-0.2, -0.15) is 0 Å². The SMILES string of the molecule is CCN(C)C(=O)O[C@H]1C=CC(=O)[C@]2(C)[C@H]3CC[C@]4(C)C([C@H](C)[C@H]5CC(C)=C(C)C(=O)O5)=C[C@H](OC(C)=O)[C@@]4(O)[C@@H]3C[C@H]3O[C@]132. The number of carbonyl (C=O) groups excluding carboxylic acids is 4. The summed E-state index contributed by atoms with van der Waals surface area (Å²) in [5.74, 6) is -2.00. The molecule has 1 N–H and O–H groups in total. The van der Waals surface area contributed by atoms with Gasteiger partial charge in [-0.3, -0.25) is 9.59 Å². The molecule has 2 saturated carbocycles. The molecule has 0 unspecified atom stereocenters. The van der Waals surface area contributed by atoms with Crippen molar-refractivity contribution >= 4 is 23.8 Å². The lowest BCUT2D eigenvalue weighted by molar-refractivity contribution is -0.224. The number of allylic oxidation sites excluding steroid dienone is 1. The highest BCUT2D eigenvalue weighted by atomic mass is 16.7. The monoisotopic (exact) mass is 611 g/mol. The number of cyclic esters (lactones) is 1. The van der Waals surface area contributed by atoms with Crippen LogP contribution in [-0.2, 0) is 33.3 Å². The fourth-order valence-electron chi connectivity index (χ4n) is 9.57. The molecule has 1 spiro atoms. The number of esters is 2. The molecule has 11 atom stereocenters. The fraction of sp³-hybridized carbons (Fsp3) is 0.706. The van der Waals surface area contributed by atoms with Crippen molar-refractivity contribution < 1.29 is 43.2 Å². The van der Waals surface area contributed by atoms with Crippen molar-refractivity contribution in [3.8, 4) is 0 Å². The third kappa shape index (κ3) is 3.85. The topological polar surface area (TPSA) is 132 Å². The van der Waals surface area contributed by atoms with Gasteiger partial charge in [-0.1, -0.05) is 25.0 Å². The minimum atomic E-state index is -1.54. The lowest BCUT2D eigenvalue weighted by Crippen LogP contribution is -2.70. The van der Waals surface area contributed by atoms with Crippen LogP contribution in [0.5, 0.6) is 0 Å². The van der Waals surface area contributed by atoms with Crippen LogP contribution in [0.25, 0.3) is 0 Å². The molecule has 0 bridgehead atoms. The molecule has 10 heteroatoms. The Kier molecular flexibility index (Phi) is 7.06. The number of hydrogen-bond donors (Lipinski definition) is 1.